The van der Waals surface area contributed by atoms with Crippen LogP contribution in [0.5, 0.6) is 0 Å². The fourth-order valence-corrected chi connectivity index (χ4v) is 8.00. The molecule has 3 saturated heterocycles. The van der Waals surface area contributed by atoms with E-state index in [4.69, 9.17) is 52.1 Å². The number of rotatable bonds is 18. The molecule has 8 rings (SSSR count). The number of benzene rings is 5. The van der Waals surface area contributed by atoms with E-state index in [2.05, 4.69) is 0 Å². The minimum atomic E-state index is -1.14. The Hall–Kier alpha value is -4.83. The lowest BCUT2D eigenvalue weighted by atomic mass is 9.95. The van der Waals surface area contributed by atoms with E-state index in [1.165, 1.54) is 14.0 Å². The minimum Gasteiger partial charge on any atom is -0.454 e. The Bertz CT molecular complexity index is 2060. The van der Waals surface area contributed by atoms with Crippen molar-refractivity contribution in [2.24, 2.45) is 0 Å². The third-order valence-corrected chi connectivity index (χ3v) is 11.0. The van der Waals surface area contributed by atoms with Crippen LogP contribution in [0.2, 0.25) is 0 Å². The van der Waals surface area contributed by atoms with Gasteiger partial charge in [-0.2, -0.15) is 0 Å². The van der Waals surface area contributed by atoms with Gasteiger partial charge in [-0.25, -0.2) is 0 Å². The normalized spacial score (nSPS) is 28.5. The Kier molecular flexibility index (Phi) is 15.5. The van der Waals surface area contributed by atoms with Crippen LogP contribution >= 0.6 is 0 Å². The molecule has 12 nitrogen and oxygen atoms in total. The number of carbonyl (C=O) groups excluding carboxylic acids is 1. The molecule has 11 atom stereocenters. The Morgan fingerprint density at radius 3 is 1.58 bits per heavy atom. The number of esters is 1. The highest BCUT2D eigenvalue weighted by molar-refractivity contribution is 5.66. The smallest absolute Gasteiger partial charge is 0.303 e. The average molecular weight is 847 g/mol. The number of ether oxygens (including phenoxy) is 11. The quantitative estimate of drug-likeness (QED) is 0.0814. The highest BCUT2D eigenvalue weighted by Crippen LogP contribution is 2.40. The molecule has 0 spiro atoms. The molecule has 3 fully saturated rings. The second-order valence-electron chi connectivity index (χ2n) is 15.5. The van der Waals surface area contributed by atoms with Crippen molar-refractivity contribution in [3.05, 3.63) is 179 Å². The first-order valence-corrected chi connectivity index (χ1v) is 21.1. The van der Waals surface area contributed by atoms with Crippen LogP contribution in [0.4, 0.5) is 0 Å². The maximum atomic E-state index is 12.8. The summed E-state index contributed by atoms with van der Waals surface area (Å²) in [6.45, 7) is 2.67. The van der Waals surface area contributed by atoms with E-state index >= 15 is 0 Å². The van der Waals surface area contributed by atoms with E-state index in [0.717, 1.165) is 27.8 Å². The summed E-state index contributed by atoms with van der Waals surface area (Å²) in [7, 11) is 1.49. The number of fused-ring (bicyclic) bond motifs is 1. The molecule has 0 N–H and O–H groups in total. The van der Waals surface area contributed by atoms with Crippen LogP contribution in [0.3, 0.4) is 0 Å². The first-order valence-electron chi connectivity index (χ1n) is 21.1. The van der Waals surface area contributed by atoms with E-state index in [1.54, 1.807) is 0 Å². The summed E-state index contributed by atoms with van der Waals surface area (Å²) in [6.07, 6.45) is -9.50. The van der Waals surface area contributed by atoms with Gasteiger partial charge in [0.05, 0.1) is 39.6 Å². The van der Waals surface area contributed by atoms with Crippen molar-refractivity contribution in [2.75, 3.05) is 20.3 Å². The summed E-state index contributed by atoms with van der Waals surface area (Å²) < 4.78 is 72.3. The van der Waals surface area contributed by atoms with Gasteiger partial charge < -0.3 is 52.1 Å². The summed E-state index contributed by atoms with van der Waals surface area (Å²) in [5.74, 6) is -0.550. The predicted octanol–water partition coefficient (Wildman–Crippen LogP) is 7.49. The van der Waals surface area contributed by atoms with Crippen LogP contribution in [0.1, 0.15) is 41.0 Å². The van der Waals surface area contributed by atoms with E-state index in [0.29, 0.717) is 6.61 Å². The third kappa shape index (κ3) is 11.4. The Morgan fingerprint density at radius 1 is 0.548 bits per heavy atom. The molecule has 0 aromatic heterocycles. The summed E-state index contributed by atoms with van der Waals surface area (Å²) in [4.78, 5) is 12.8. The van der Waals surface area contributed by atoms with Gasteiger partial charge in [-0.3, -0.25) is 4.79 Å². The molecule has 3 heterocycles. The number of methoxy groups -OCH3 is 1. The second kappa shape index (κ2) is 22.0. The molecule has 0 amide bonds. The van der Waals surface area contributed by atoms with Crippen LogP contribution < -0.4 is 0 Å². The number of hydrogen-bond donors (Lipinski definition) is 0. The van der Waals surface area contributed by atoms with Crippen LogP contribution in [0.25, 0.3) is 0 Å². The zero-order valence-electron chi connectivity index (χ0n) is 34.9. The lowest BCUT2D eigenvalue weighted by Crippen LogP contribution is -2.67. The van der Waals surface area contributed by atoms with Crippen LogP contribution in [0, 0.1) is 0 Å². The van der Waals surface area contributed by atoms with Crippen molar-refractivity contribution in [3.63, 3.8) is 0 Å². The van der Waals surface area contributed by atoms with Crippen molar-refractivity contribution in [2.45, 2.75) is 101 Å². The van der Waals surface area contributed by atoms with Gasteiger partial charge in [0.2, 0.25) is 0 Å². The van der Waals surface area contributed by atoms with Crippen LogP contribution in [0.15, 0.2) is 152 Å². The minimum absolute atomic E-state index is 0.124. The summed E-state index contributed by atoms with van der Waals surface area (Å²) >= 11 is 0. The molecular weight excluding hydrogens is 793 g/mol. The topological polar surface area (TPSA) is 119 Å². The zero-order chi connectivity index (χ0) is 42.5. The van der Waals surface area contributed by atoms with Gasteiger partial charge in [0.15, 0.2) is 25.0 Å². The molecule has 12 heteroatoms. The first kappa shape index (κ1) is 43.8. The fourth-order valence-electron chi connectivity index (χ4n) is 8.00. The van der Waals surface area contributed by atoms with Crippen molar-refractivity contribution in [1.29, 1.82) is 0 Å². The van der Waals surface area contributed by atoms with Crippen LogP contribution in [-0.2, 0) is 83.3 Å². The van der Waals surface area contributed by atoms with Gasteiger partial charge in [0, 0.05) is 19.6 Å². The highest BCUT2D eigenvalue weighted by atomic mass is 16.8. The van der Waals surface area contributed by atoms with Crippen LogP contribution in [-0.4, -0.2) is 87.7 Å². The molecule has 5 aromatic carbocycles. The van der Waals surface area contributed by atoms with Gasteiger partial charge in [-0.15, -0.1) is 0 Å². The molecule has 0 saturated carbocycles. The average Bonchev–Trinajstić information content (AvgIpc) is 3.32. The summed E-state index contributed by atoms with van der Waals surface area (Å²) in [6, 6.07) is 49.3. The van der Waals surface area contributed by atoms with Gasteiger partial charge in [0.1, 0.15) is 42.7 Å². The molecule has 1 unspecified atom stereocenters. The van der Waals surface area contributed by atoms with E-state index in [-0.39, 0.29) is 33.0 Å². The second-order valence-corrected chi connectivity index (χ2v) is 15.5. The lowest BCUT2D eigenvalue weighted by molar-refractivity contribution is -0.396. The van der Waals surface area contributed by atoms with E-state index in [9.17, 15) is 4.79 Å². The van der Waals surface area contributed by atoms with Gasteiger partial charge in [-0.1, -0.05) is 152 Å². The van der Waals surface area contributed by atoms with Crippen molar-refractivity contribution in [1.82, 2.24) is 0 Å². The number of hydrogen-bond acceptors (Lipinski definition) is 12. The van der Waals surface area contributed by atoms with Crippen molar-refractivity contribution >= 4 is 5.97 Å². The fraction of sp³-hybridized carbons (Fsp3) is 0.380. The van der Waals surface area contributed by atoms with Crippen molar-refractivity contribution < 1.29 is 56.9 Å². The molecular formula is C50H54O12. The van der Waals surface area contributed by atoms with Crippen molar-refractivity contribution in [3.8, 4) is 0 Å². The lowest BCUT2D eigenvalue weighted by Gasteiger charge is -2.51. The monoisotopic (exact) mass is 846 g/mol. The van der Waals surface area contributed by atoms with Gasteiger partial charge in [0.25, 0.3) is 0 Å². The first-order chi connectivity index (χ1) is 30.5. The zero-order valence-corrected chi connectivity index (χ0v) is 34.9. The highest BCUT2D eigenvalue weighted by Gasteiger charge is 2.56. The van der Waals surface area contributed by atoms with Gasteiger partial charge >= 0.3 is 5.97 Å². The predicted molar refractivity (Wildman–Crippen MR) is 226 cm³/mol. The summed E-state index contributed by atoms with van der Waals surface area (Å²) in [5, 5.41) is 0. The molecule has 3 aliphatic rings. The molecule has 326 valence electrons. The Labute approximate surface area is 362 Å². The molecule has 0 bridgehead atoms. The standard InChI is InChI=1S/C50H54O12/c1-34(51)58-47-45(43-41(59-49(47)52-2)33-57-48(61-43)39-26-16-7-17-27-39)62-50-46(56-31-38-24-14-6-15-25-38)44(55-30-37-22-12-5-13-23-37)42(54-29-36-20-10-4-11-21-36)40(60-50)32-53-28-35-18-8-3-9-19-35/h3-27,40-50H,28-33H2,1-2H3/t40-,41-,42-,43-,44+,45+,46-,47-,48?,49+,50-/m1/s1. The maximum Gasteiger partial charge on any atom is 0.303 e. The molecule has 0 radical (unpaired) electrons. The Morgan fingerprint density at radius 2 is 1.05 bits per heavy atom. The molecule has 0 aliphatic carbocycles. The SMILES string of the molecule is CO[C@H]1O[C@@H]2COC(c3ccccc3)O[C@H]2[C@H](O[C@H]2O[C@H](COCc3ccccc3)[C@@H](OCc3ccccc3)[C@H](OCc3ccccc3)[C@H]2OCc2ccccc2)[C@H]1OC(C)=O. The molecule has 62 heavy (non-hydrogen) atoms. The third-order valence-electron chi connectivity index (χ3n) is 11.0. The largest absolute Gasteiger partial charge is 0.454 e. The number of carbonyl (C=O) groups is 1. The molecule has 5 aromatic rings. The van der Waals surface area contributed by atoms with Gasteiger partial charge in [-0.05, 0) is 22.3 Å². The van der Waals surface area contributed by atoms with E-state index < -0.39 is 73.7 Å². The van der Waals surface area contributed by atoms with E-state index in [1.807, 2.05) is 152 Å². The Balaban J connectivity index is 1.17. The maximum absolute atomic E-state index is 12.8. The molecule has 3 aliphatic heterocycles. The summed E-state index contributed by atoms with van der Waals surface area (Å²) in [5.41, 5.74) is 4.69.